The van der Waals surface area contributed by atoms with E-state index in [0.29, 0.717) is 6.54 Å². The summed E-state index contributed by atoms with van der Waals surface area (Å²) in [5, 5.41) is 6.14. The van der Waals surface area contributed by atoms with Gasteiger partial charge in [0.25, 0.3) is 0 Å². The van der Waals surface area contributed by atoms with Crippen LogP contribution in [0.4, 0.5) is 10.5 Å². The number of rotatable bonds is 3. The minimum Gasteiger partial charge on any atom is -0.321 e. The van der Waals surface area contributed by atoms with Gasteiger partial charge in [-0.15, -0.1) is 11.3 Å². The molecule has 0 bridgehead atoms. The SMILES string of the molecule is CN(Cc1nc2ccccc2s1)C(=O)Nc1ccc2ccccc2c1. The monoisotopic (exact) mass is 347 g/mol. The molecule has 0 unspecified atom stereocenters. The van der Waals surface area contributed by atoms with Crippen LogP contribution >= 0.6 is 11.3 Å². The van der Waals surface area contributed by atoms with Gasteiger partial charge >= 0.3 is 6.03 Å². The number of nitrogens with zero attached hydrogens (tertiary/aromatic N) is 2. The molecule has 25 heavy (non-hydrogen) atoms. The Hall–Kier alpha value is -2.92. The number of urea groups is 1. The largest absolute Gasteiger partial charge is 0.321 e. The third-order valence-corrected chi connectivity index (χ3v) is 5.08. The number of aromatic nitrogens is 1. The quantitative estimate of drug-likeness (QED) is 0.559. The smallest absolute Gasteiger partial charge is 0.321 e. The van der Waals surface area contributed by atoms with E-state index >= 15 is 0 Å². The van der Waals surface area contributed by atoms with Crippen LogP contribution in [-0.2, 0) is 6.54 Å². The Morgan fingerprint density at radius 2 is 1.80 bits per heavy atom. The van der Waals surface area contributed by atoms with Crippen molar-refractivity contribution < 1.29 is 4.79 Å². The van der Waals surface area contributed by atoms with Crippen LogP contribution in [0.1, 0.15) is 5.01 Å². The molecule has 1 heterocycles. The number of amides is 2. The molecule has 0 atom stereocenters. The Balaban J connectivity index is 1.47. The van der Waals surface area contributed by atoms with Gasteiger partial charge in [-0.3, -0.25) is 0 Å². The first-order valence-electron chi connectivity index (χ1n) is 8.04. The Labute approximate surface area is 149 Å². The van der Waals surface area contributed by atoms with E-state index in [0.717, 1.165) is 31.7 Å². The van der Waals surface area contributed by atoms with Crippen LogP contribution in [0.25, 0.3) is 21.0 Å². The average Bonchev–Trinajstić information content (AvgIpc) is 3.03. The molecule has 124 valence electrons. The normalized spacial score (nSPS) is 10.9. The molecule has 0 aliphatic carbocycles. The van der Waals surface area contributed by atoms with Crippen molar-refractivity contribution in [3.8, 4) is 0 Å². The number of fused-ring (bicyclic) bond motifs is 2. The third kappa shape index (κ3) is 3.32. The summed E-state index contributed by atoms with van der Waals surface area (Å²) in [7, 11) is 1.78. The van der Waals surface area contributed by atoms with E-state index in [1.807, 2.05) is 60.7 Å². The molecule has 5 heteroatoms. The molecule has 0 spiro atoms. The molecule has 0 saturated heterocycles. The zero-order chi connectivity index (χ0) is 17.2. The van der Waals surface area contributed by atoms with Crippen molar-refractivity contribution in [3.05, 3.63) is 71.7 Å². The van der Waals surface area contributed by atoms with Gasteiger partial charge in [0, 0.05) is 12.7 Å². The maximum Gasteiger partial charge on any atom is 0.321 e. The number of hydrogen-bond acceptors (Lipinski definition) is 3. The highest BCUT2D eigenvalue weighted by Gasteiger charge is 2.12. The average molecular weight is 347 g/mol. The van der Waals surface area contributed by atoms with Gasteiger partial charge in [0.1, 0.15) is 5.01 Å². The first-order chi connectivity index (χ1) is 12.2. The molecular weight excluding hydrogens is 330 g/mol. The molecule has 1 N–H and O–H groups in total. The lowest BCUT2D eigenvalue weighted by Gasteiger charge is -2.16. The fourth-order valence-corrected chi connectivity index (χ4v) is 3.77. The second-order valence-electron chi connectivity index (χ2n) is 5.92. The second kappa shape index (κ2) is 6.53. The van der Waals surface area contributed by atoms with Gasteiger partial charge in [-0.1, -0.05) is 42.5 Å². The number of carbonyl (C=O) groups is 1. The summed E-state index contributed by atoms with van der Waals surface area (Å²) in [5.74, 6) is 0. The summed E-state index contributed by atoms with van der Waals surface area (Å²) in [5.41, 5.74) is 1.77. The van der Waals surface area contributed by atoms with E-state index in [2.05, 4.69) is 16.4 Å². The van der Waals surface area contributed by atoms with Crippen LogP contribution < -0.4 is 5.32 Å². The van der Waals surface area contributed by atoms with Crippen LogP contribution in [0.3, 0.4) is 0 Å². The van der Waals surface area contributed by atoms with E-state index in [1.165, 1.54) is 0 Å². The number of carbonyl (C=O) groups excluding carboxylic acids is 1. The Morgan fingerprint density at radius 1 is 1.04 bits per heavy atom. The van der Waals surface area contributed by atoms with Crippen LogP contribution in [0.15, 0.2) is 66.7 Å². The summed E-state index contributed by atoms with van der Waals surface area (Å²) >= 11 is 1.62. The summed E-state index contributed by atoms with van der Waals surface area (Å²) < 4.78 is 1.14. The van der Waals surface area contributed by atoms with Crippen LogP contribution in [0.2, 0.25) is 0 Å². The number of nitrogens with one attached hydrogen (secondary N) is 1. The maximum absolute atomic E-state index is 12.5. The molecule has 4 nitrogen and oxygen atoms in total. The van der Waals surface area contributed by atoms with Gasteiger partial charge < -0.3 is 10.2 Å². The van der Waals surface area contributed by atoms with Crippen molar-refractivity contribution >= 4 is 44.0 Å². The number of thiazole rings is 1. The molecule has 0 fully saturated rings. The molecule has 0 saturated carbocycles. The molecule has 0 aliphatic rings. The second-order valence-corrected chi connectivity index (χ2v) is 7.04. The van der Waals surface area contributed by atoms with Crippen molar-refractivity contribution in [2.24, 2.45) is 0 Å². The van der Waals surface area contributed by atoms with E-state index < -0.39 is 0 Å². The summed E-state index contributed by atoms with van der Waals surface area (Å²) in [6.45, 7) is 0.485. The Bertz CT molecular complexity index is 1020. The highest BCUT2D eigenvalue weighted by atomic mass is 32.1. The molecule has 4 aromatic rings. The van der Waals surface area contributed by atoms with Gasteiger partial charge in [-0.05, 0) is 35.0 Å². The zero-order valence-electron chi connectivity index (χ0n) is 13.8. The lowest BCUT2D eigenvalue weighted by Crippen LogP contribution is -2.30. The van der Waals surface area contributed by atoms with Gasteiger partial charge in [0.2, 0.25) is 0 Å². The standard InChI is InChI=1S/C20H17N3OS/c1-23(13-19-22-17-8-4-5-9-18(17)25-19)20(24)21-16-11-10-14-6-2-3-7-15(14)12-16/h2-12H,13H2,1H3,(H,21,24). The highest BCUT2D eigenvalue weighted by Crippen LogP contribution is 2.23. The van der Waals surface area contributed by atoms with Gasteiger partial charge in [0.15, 0.2) is 0 Å². The van der Waals surface area contributed by atoms with Crippen molar-refractivity contribution in [1.82, 2.24) is 9.88 Å². The molecular formula is C20H17N3OS. The molecule has 4 rings (SSSR count). The Morgan fingerprint density at radius 3 is 2.64 bits per heavy atom. The highest BCUT2D eigenvalue weighted by molar-refractivity contribution is 7.18. The molecule has 3 aromatic carbocycles. The van der Waals surface area contributed by atoms with Crippen molar-refractivity contribution in [3.63, 3.8) is 0 Å². The van der Waals surface area contributed by atoms with Crippen LogP contribution in [-0.4, -0.2) is 23.0 Å². The predicted molar refractivity (Wildman–Crippen MR) is 104 cm³/mol. The first-order valence-corrected chi connectivity index (χ1v) is 8.86. The molecule has 0 radical (unpaired) electrons. The fourth-order valence-electron chi connectivity index (χ4n) is 2.75. The lowest BCUT2D eigenvalue weighted by atomic mass is 10.1. The Kier molecular flexibility index (Phi) is 4.07. The topological polar surface area (TPSA) is 45.2 Å². The van der Waals surface area contributed by atoms with Gasteiger partial charge in [0.05, 0.1) is 16.8 Å². The van der Waals surface area contributed by atoms with Crippen molar-refractivity contribution in [1.29, 1.82) is 0 Å². The number of para-hydroxylation sites is 1. The molecule has 1 aromatic heterocycles. The van der Waals surface area contributed by atoms with Gasteiger partial charge in [-0.2, -0.15) is 0 Å². The molecule has 2 amide bonds. The van der Waals surface area contributed by atoms with Crippen LogP contribution in [0, 0.1) is 0 Å². The van der Waals surface area contributed by atoms with Crippen LogP contribution in [0.5, 0.6) is 0 Å². The zero-order valence-corrected chi connectivity index (χ0v) is 14.6. The van der Waals surface area contributed by atoms with E-state index in [9.17, 15) is 4.79 Å². The van der Waals surface area contributed by atoms with Crippen molar-refractivity contribution in [2.75, 3.05) is 12.4 Å². The van der Waals surface area contributed by atoms with Gasteiger partial charge in [-0.25, -0.2) is 9.78 Å². The lowest BCUT2D eigenvalue weighted by molar-refractivity contribution is 0.220. The number of anilines is 1. The predicted octanol–water partition coefficient (Wildman–Crippen LogP) is 5.11. The summed E-state index contributed by atoms with van der Waals surface area (Å²) in [6, 6.07) is 21.9. The van der Waals surface area contributed by atoms with E-state index in [-0.39, 0.29) is 6.03 Å². The summed E-state index contributed by atoms with van der Waals surface area (Å²) in [4.78, 5) is 18.7. The van der Waals surface area contributed by atoms with E-state index in [1.54, 1.807) is 23.3 Å². The minimum absolute atomic E-state index is 0.144. The van der Waals surface area contributed by atoms with E-state index in [4.69, 9.17) is 0 Å². The van der Waals surface area contributed by atoms with Crippen molar-refractivity contribution in [2.45, 2.75) is 6.54 Å². The first kappa shape index (κ1) is 15.6. The molecule has 0 aliphatic heterocycles. The number of hydrogen-bond donors (Lipinski definition) is 1. The maximum atomic E-state index is 12.5. The minimum atomic E-state index is -0.144. The summed E-state index contributed by atoms with van der Waals surface area (Å²) in [6.07, 6.45) is 0. The fraction of sp³-hybridized carbons (Fsp3) is 0.100. The third-order valence-electron chi connectivity index (χ3n) is 4.06. The number of benzene rings is 3.